The largest absolute Gasteiger partial charge is 0.353 e. The molecule has 2 atom stereocenters. The van der Waals surface area contributed by atoms with Gasteiger partial charge in [0.25, 0.3) is 0 Å². The first-order valence-corrected chi connectivity index (χ1v) is 9.24. The average Bonchev–Trinajstić information content (AvgIpc) is 3.25. The zero-order valence-corrected chi connectivity index (χ0v) is 13.9. The van der Waals surface area contributed by atoms with Crippen molar-refractivity contribution in [1.29, 1.82) is 0 Å². The highest BCUT2D eigenvalue weighted by Gasteiger charge is 2.33. The zero-order valence-electron chi connectivity index (χ0n) is 13.1. The Hall–Kier alpha value is -1.64. The van der Waals surface area contributed by atoms with Crippen molar-refractivity contribution >= 4 is 23.6 Å². The lowest BCUT2D eigenvalue weighted by Gasteiger charge is -2.29. The van der Waals surface area contributed by atoms with Crippen LogP contribution in [0.1, 0.15) is 25.7 Å². The third kappa shape index (κ3) is 4.43. The number of aromatic nitrogens is 4. The summed E-state index contributed by atoms with van der Waals surface area (Å²) in [6, 6.07) is 0.115. The minimum Gasteiger partial charge on any atom is -0.353 e. The van der Waals surface area contributed by atoms with Gasteiger partial charge in [0.15, 0.2) is 0 Å². The Bertz CT molecular complexity index is 531. The second-order valence-corrected chi connectivity index (χ2v) is 7.26. The fourth-order valence-electron chi connectivity index (χ4n) is 3.18. The highest BCUT2D eigenvalue weighted by molar-refractivity contribution is 7.99. The number of thioether (sulfide) groups is 1. The van der Waals surface area contributed by atoms with Gasteiger partial charge in [0, 0.05) is 43.0 Å². The molecule has 0 spiro atoms. The monoisotopic (exact) mass is 338 g/mol. The number of amides is 2. The van der Waals surface area contributed by atoms with Crippen LogP contribution in [-0.2, 0) is 16.1 Å². The van der Waals surface area contributed by atoms with E-state index in [1.165, 1.54) is 11.0 Å². The Kier molecular flexibility index (Phi) is 5.47. The standard InChI is InChI=1S/C14H22N6O2S/c21-13(3-4-20-10-15-17-18-20)16-12-2-1-11(9-12)14(22)19-5-7-23-8-6-19/h10-12H,1-9H2,(H,16,21)/t11-,12+/m0/s1. The second-order valence-electron chi connectivity index (χ2n) is 6.03. The highest BCUT2D eigenvalue weighted by Crippen LogP contribution is 2.28. The first-order valence-electron chi connectivity index (χ1n) is 8.09. The van der Waals surface area contributed by atoms with E-state index in [2.05, 4.69) is 20.8 Å². The van der Waals surface area contributed by atoms with Crippen molar-refractivity contribution in [1.82, 2.24) is 30.4 Å². The molecule has 0 radical (unpaired) electrons. The van der Waals surface area contributed by atoms with Crippen molar-refractivity contribution < 1.29 is 9.59 Å². The third-order valence-corrected chi connectivity index (χ3v) is 5.37. The summed E-state index contributed by atoms with van der Waals surface area (Å²) in [5.74, 6) is 2.41. The van der Waals surface area contributed by atoms with Crippen molar-refractivity contribution in [3.05, 3.63) is 6.33 Å². The van der Waals surface area contributed by atoms with Crippen LogP contribution in [0.15, 0.2) is 6.33 Å². The first-order chi connectivity index (χ1) is 11.2. The molecule has 1 aromatic rings. The Balaban J connectivity index is 1.40. The van der Waals surface area contributed by atoms with Crippen LogP contribution in [0.4, 0.5) is 0 Å². The van der Waals surface area contributed by atoms with Crippen LogP contribution in [0.5, 0.6) is 0 Å². The lowest BCUT2D eigenvalue weighted by Crippen LogP contribution is -2.41. The fraction of sp³-hybridized carbons (Fsp3) is 0.786. The van der Waals surface area contributed by atoms with Gasteiger partial charge >= 0.3 is 0 Å². The number of hydrogen-bond acceptors (Lipinski definition) is 6. The van der Waals surface area contributed by atoms with Gasteiger partial charge in [-0.1, -0.05) is 0 Å². The number of rotatable bonds is 5. The maximum Gasteiger partial charge on any atom is 0.225 e. The van der Waals surface area contributed by atoms with Gasteiger partial charge in [-0.2, -0.15) is 11.8 Å². The van der Waals surface area contributed by atoms with Gasteiger partial charge in [-0.15, -0.1) is 5.10 Å². The minimum absolute atomic E-state index is 0.00651. The van der Waals surface area contributed by atoms with Crippen LogP contribution in [0.2, 0.25) is 0 Å². The first kappa shape index (κ1) is 16.2. The van der Waals surface area contributed by atoms with E-state index in [0.717, 1.165) is 43.9 Å². The summed E-state index contributed by atoms with van der Waals surface area (Å²) in [7, 11) is 0. The molecule has 1 saturated heterocycles. The summed E-state index contributed by atoms with van der Waals surface area (Å²) in [6.45, 7) is 2.20. The quantitative estimate of drug-likeness (QED) is 0.807. The number of nitrogens with one attached hydrogen (secondary N) is 1. The fourth-order valence-corrected chi connectivity index (χ4v) is 4.08. The summed E-state index contributed by atoms with van der Waals surface area (Å²) >= 11 is 1.90. The van der Waals surface area contributed by atoms with E-state index >= 15 is 0 Å². The number of carbonyl (C=O) groups excluding carboxylic acids is 2. The summed E-state index contributed by atoms with van der Waals surface area (Å²) < 4.78 is 1.54. The van der Waals surface area contributed by atoms with E-state index in [4.69, 9.17) is 0 Å². The predicted molar refractivity (Wildman–Crippen MR) is 85.6 cm³/mol. The summed E-state index contributed by atoms with van der Waals surface area (Å²) in [4.78, 5) is 26.5. The maximum atomic E-state index is 12.5. The van der Waals surface area contributed by atoms with Crippen molar-refractivity contribution in [2.24, 2.45) is 5.92 Å². The number of aryl methyl sites for hydroxylation is 1. The molecule has 1 aromatic heterocycles. The molecule has 9 heteroatoms. The van der Waals surface area contributed by atoms with Crippen LogP contribution in [-0.4, -0.2) is 67.6 Å². The van der Waals surface area contributed by atoms with E-state index in [9.17, 15) is 9.59 Å². The minimum atomic E-state index is -0.00651. The van der Waals surface area contributed by atoms with Gasteiger partial charge in [-0.05, 0) is 29.7 Å². The summed E-state index contributed by atoms with van der Waals surface area (Å²) in [5, 5.41) is 13.8. The predicted octanol–water partition coefficient (Wildman–Crippen LogP) is -0.0765. The lowest BCUT2D eigenvalue weighted by molar-refractivity contribution is -0.135. The van der Waals surface area contributed by atoms with Gasteiger partial charge < -0.3 is 10.2 Å². The Morgan fingerprint density at radius 1 is 1.26 bits per heavy atom. The van der Waals surface area contributed by atoms with Crippen molar-refractivity contribution in [3.8, 4) is 0 Å². The van der Waals surface area contributed by atoms with Gasteiger partial charge in [0.2, 0.25) is 11.8 Å². The molecule has 0 unspecified atom stereocenters. The molecule has 0 aromatic carbocycles. The van der Waals surface area contributed by atoms with E-state index in [1.807, 2.05) is 16.7 Å². The lowest BCUT2D eigenvalue weighted by atomic mass is 10.1. The molecule has 1 aliphatic carbocycles. The third-order valence-electron chi connectivity index (χ3n) is 4.43. The smallest absolute Gasteiger partial charge is 0.225 e. The summed E-state index contributed by atoms with van der Waals surface area (Å²) in [6.07, 6.45) is 4.37. The molecule has 2 fully saturated rings. The van der Waals surface area contributed by atoms with Crippen molar-refractivity contribution in [2.75, 3.05) is 24.6 Å². The number of carbonyl (C=O) groups is 2. The maximum absolute atomic E-state index is 12.5. The highest BCUT2D eigenvalue weighted by atomic mass is 32.2. The Labute approximate surface area is 139 Å². The van der Waals surface area contributed by atoms with Crippen molar-refractivity contribution in [2.45, 2.75) is 38.3 Å². The SMILES string of the molecule is O=C(CCn1cnnn1)N[C@@H]1CC[C@H](C(=O)N2CCSCC2)C1. The number of hydrogen-bond donors (Lipinski definition) is 1. The molecule has 2 heterocycles. The van der Waals surface area contributed by atoms with Crippen LogP contribution >= 0.6 is 11.8 Å². The van der Waals surface area contributed by atoms with E-state index in [-0.39, 0.29) is 23.8 Å². The van der Waals surface area contributed by atoms with Gasteiger partial charge in [-0.25, -0.2) is 4.68 Å². The van der Waals surface area contributed by atoms with Gasteiger partial charge in [0.05, 0.1) is 6.54 Å². The molecule has 1 aliphatic heterocycles. The Morgan fingerprint density at radius 3 is 2.83 bits per heavy atom. The molecule has 23 heavy (non-hydrogen) atoms. The number of tetrazole rings is 1. The molecule has 3 rings (SSSR count). The van der Waals surface area contributed by atoms with Crippen LogP contribution in [0, 0.1) is 5.92 Å². The second kappa shape index (κ2) is 7.76. The van der Waals surface area contributed by atoms with Gasteiger partial charge in [0.1, 0.15) is 6.33 Å². The molecule has 8 nitrogen and oxygen atoms in total. The van der Waals surface area contributed by atoms with Crippen molar-refractivity contribution in [3.63, 3.8) is 0 Å². The molecular formula is C14H22N6O2S. The number of nitrogens with zero attached hydrogens (tertiary/aromatic N) is 5. The Morgan fingerprint density at radius 2 is 2.09 bits per heavy atom. The average molecular weight is 338 g/mol. The van der Waals surface area contributed by atoms with Crippen LogP contribution in [0.25, 0.3) is 0 Å². The normalized spacial score (nSPS) is 24.6. The molecule has 2 aliphatic rings. The molecule has 1 N–H and O–H groups in total. The van der Waals surface area contributed by atoms with Crippen LogP contribution in [0.3, 0.4) is 0 Å². The van der Waals surface area contributed by atoms with Crippen LogP contribution < -0.4 is 5.32 Å². The van der Waals surface area contributed by atoms with E-state index in [0.29, 0.717) is 13.0 Å². The molecule has 126 valence electrons. The summed E-state index contributed by atoms with van der Waals surface area (Å²) in [5.41, 5.74) is 0. The van der Waals surface area contributed by atoms with E-state index in [1.54, 1.807) is 0 Å². The zero-order chi connectivity index (χ0) is 16.1. The van der Waals surface area contributed by atoms with Gasteiger partial charge in [-0.3, -0.25) is 9.59 Å². The molecular weight excluding hydrogens is 316 g/mol. The topological polar surface area (TPSA) is 93.0 Å². The molecule has 0 bridgehead atoms. The van der Waals surface area contributed by atoms with E-state index < -0.39 is 0 Å². The molecule has 2 amide bonds. The molecule has 1 saturated carbocycles.